The van der Waals surface area contributed by atoms with Crippen molar-refractivity contribution in [2.24, 2.45) is 0 Å². The highest BCUT2D eigenvalue weighted by molar-refractivity contribution is 7.89. The third kappa shape index (κ3) is 4.01. The second-order valence-electron chi connectivity index (χ2n) is 4.55. The van der Waals surface area contributed by atoms with Crippen molar-refractivity contribution in [1.29, 1.82) is 0 Å². The second kappa shape index (κ2) is 7.64. The van der Waals surface area contributed by atoms with Gasteiger partial charge in [0, 0.05) is 36.4 Å². The molecule has 120 valence electrons. The minimum atomic E-state index is -3.66. The Labute approximate surface area is 130 Å². The first kappa shape index (κ1) is 16.8. The van der Waals surface area contributed by atoms with Gasteiger partial charge in [-0.1, -0.05) is 12.1 Å². The maximum atomic E-state index is 12.5. The van der Waals surface area contributed by atoms with Crippen LogP contribution in [0.15, 0.2) is 41.6 Å². The quantitative estimate of drug-likeness (QED) is 0.751. The Morgan fingerprint density at radius 2 is 1.91 bits per heavy atom. The number of fused-ring (bicyclic) bond motifs is 1. The van der Waals surface area contributed by atoms with Gasteiger partial charge in [-0.25, -0.2) is 13.1 Å². The number of pyridine rings is 1. The van der Waals surface area contributed by atoms with E-state index in [2.05, 4.69) is 9.71 Å². The van der Waals surface area contributed by atoms with Crippen molar-refractivity contribution in [1.82, 2.24) is 9.71 Å². The lowest BCUT2D eigenvalue weighted by Crippen LogP contribution is -2.35. The molecule has 0 saturated carbocycles. The van der Waals surface area contributed by atoms with Gasteiger partial charge in [-0.05, 0) is 26.0 Å². The highest BCUT2D eigenvalue weighted by atomic mass is 32.2. The fraction of sp³-hybridized carbons (Fsp3) is 0.400. The minimum absolute atomic E-state index is 0.0610. The number of ether oxygens (including phenoxy) is 2. The Bertz CT molecular complexity index is 707. The van der Waals surface area contributed by atoms with Crippen molar-refractivity contribution in [2.75, 3.05) is 19.8 Å². The lowest BCUT2D eigenvalue weighted by atomic mass is 10.2. The monoisotopic (exact) mass is 324 g/mol. The van der Waals surface area contributed by atoms with Crippen LogP contribution in [0.2, 0.25) is 0 Å². The molecule has 0 amide bonds. The predicted molar refractivity (Wildman–Crippen MR) is 84.0 cm³/mol. The third-order valence-electron chi connectivity index (χ3n) is 3.08. The maximum Gasteiger partial charge on any atom is 0.241 e. The van der Waals surface area contributed by atoms with E-state index in [1.54, 1.807) is 30.6 Å². The molecule has 0 aliphatic heterocycles. The molecule has 22 heavy (non-hydrogen) atoms. The van der Waals surface area contributed by atoms with Gasteiger partial charge in [0.1, 0.15) is 0 Å². The lowest BCUT2D eigenvalue weighted by Gasteiger charge is -2.17. The summed E-state index contributed by atoms with van der Waals surface area (Å²) in [6.45, 7) is 4.63. The minimum Gasteiger partial charge on any atom is -0.352 e. The van der Waals surface area contributed by atoms with Crippen LogP contribution in [-0.4, -0.2) is 39.5 Å². The van der Waals surface area contributed by atoms with E-state index in [1.165, 1.54) is 0 Å². The zero-order chi connectivity index (χ0) is 16.0. The van der Waals surface area contributed by atoms with Gasteiger partial charge in [0.15, 0.2) is 6.29 Å². The molecule has 2 rings (SSSR count). The molecule has 0 radical (unpaired) electrons. The zero-order valence-electron chi connectivity index (χ0n) is 12.7. The summed E-state index contributed by atoms with van der Waals surface area (Å²) in [5, 5.41) is 1.41. The Morgan fingerprint density at radius 3 is 2.59 bits per heavy atom. The van der Waals surface area contributed by atoms with E-state index >= 15 is 0 Å². The fourth-order valence-corrected chi connectivity index (χ4v) is 3.36. The fourth-order valence-electron chi connectivity index (χ4n) is 2.12. The summed E-state index contributed by atoms with van der Waals surface area (Å²) in [5.41, 5.74) is 0. The average molecular weight is 324 g/mol. The summed E-state index contributed by atoms with van der Waals surface area (Å²) in [6.07, 6.45) is 2.61. The van der Waals surface area contributed by atoms with Gasteiger partial charge in [-0.2, -0.15) is 0 Å². The molecular weight excluding hydrogens is 304 g/mol. The maximum absolute atomic E-state index is 12.5. The smallest absolute Gasteiger partial charge is 0.241 e. The van der Waals surface area contributed by atoms with Gasteiger partial charge < -0.3 is 9.47 Å². The first-order chi connectivity index (χ1) is 10.6. The van der Waals surface area contributed by atoms with Crippen LogP contribution in [0.5, 0.6) is 0 Å². The van der Waals surface area contributed by atoms with Gasteiger partial charge in [0.05, 0.1) is 11.4 Å². The number of rotatable bonds is 8. The predicted octanol–water partition coefficient (Wildman–Crippen LogP) is 1.91. The van der Waals surface area contributed by atoms with Crippen molar-refractivity contribution >= 4 is 20.8 Å². The summed E-state index contributed by atoms with van der Waals surface area (Å²) < 4.78 is 38.3. The molecule has 0 aliphatic carbocycles. The van der Waals surface area contributed by atoms with Crippen LogP contribution in [0.4, 0.5) is 0 Å². The van der Waals surface area contributed by atoms with Crippen LogP contribution in [0.3, 0.4) is 0 Å². The summed E-state index contributed by atoms with van der Waals surface area (Å²) in [6, 6.07) is 6.78. The average Bonchev–Trinajstić information content (AvgIpc) is 2.52. The summed E-state index contributed by atoms with van der Waals surface area (Å²) in [7, 11) is -3.66. The number of aromatic nitrogens is 1. The van der Waals surface area contributed by atoms with Crippen LogP contribution in [0.25, 0.3) is 10.8 Å². The third-order valence-corrected chi connectivity index (χ3v) is 4.56. The first-order valence-corrected chi connectivity index (χ1v) is 8.62. The van der Waals surface area contributed by atoms with Crippen molar-refractivity contribution in [3.05, 3.63) is 36.7 Å². The Kier molecular flexibility index (Phi) is 5.84. The topological polar surface area (TPSA) is 77.5 Å². The van der Waals surface area contributed by atoms with E-state index in [4.69, 9.17) is 9.47 Å². The number of nitrogens with zero attached hydrogens (tertiary/aromatic N) is 1. The van der Waals surface area contributed by atoms with Crippen LogP contribution < -0.4 is 4.72 Å². The lowest BCUT2D eigenvalue weighted by molar-refractivity contribution is -0.130. The van der Waals surface area contributed by atoms with Crippen molar-refractivity contribution in [3.63, 3.8) is 0 Å². The molecule has 1 heterocycles. The molecule has 1 aromatic carbocycles. The molecule has 1 aromatic heterocycles. The van der Waals surface area contributed by atoms with E-state index in [0.29, 0.717) is 18.6 Å². The normalized spacial score (nSPS) is 12.1. The summed E-state index contributed by atoms with van der Waals surface area (Å²) in [4.78, 5) is 4.23. The van der Waals surface area contributed by atoms with E-state index in [9.17, 15) is 8.42 Å². The number of sulfonamides is 1. The number of nitrogens with one attached hydrogen (secondary N) is 1. The van der Waals surface area contributed by atoms with Crippen LogP contribution in [0, 0.1) is 0 Å². The second-order valence-corrected chi connectivity index (χ2v) is 6.28. The van der Waals surface area contributed by atoms with Crippen LogP contribution >= 0.6 is 0 Å². The standard InChI is InChI=1S/C15H20N2O4S/c1-3-20-15(21-4-2)11-17-22(18,19)14-7-5-6-12-10-16-9-8-13(12)14/h5-10,15,17H,3-4,11H2,1-2H3. The van der Waals surface area contributed by atoms with Gasteiger partial charge in [-0.3, -0.25) is 4.98 Å². The number of benzene rings is 1. The van der Waals surface area contributed by atoms with Crippen molar-refractivity contribution < 1.29 is 17.9 Å². The molecule has 0 saturated heterocycles. The van der Waals surface area contributed by atoms with Crippen LogP contribution in [-0.2, 0) is 19.5 Å². The molecule has 2 aromatic rings. The summed E-state index contributed by atoms with van der Waals surface area (Å²) >= 11 is 0. The first-order valence-electron chi connectivity index (χ1n) is 7.14. The molecule has 0 aliphatic rings. The molecule has 0 unspecified atom stereocenters. The van der Waals surface area contributed by atoms with E-state index in [0.717, 1.165) is 5.39 Å². The van der Waals surface area contributed by atoms with Crippen molar-refractivity contribution in [3.8, 4) is 0 Å². The van der Waals surface area contributed by atoms with E-state index in [1.807, 2.05) is 19.9 Å². The molecule has 0 atom stereocenters. The highest BCUT2D eigenvalue weighted by Crippen LogP contribution is 2.21. The highest BCUT2D eigenvalue weighted by Gasteiger charge is 2.19. The molecule has 1 N–H and O–H groups in total. The van der Waals surface area contributed by atoms with Crippen LogP contribution in [0.1, 0.15) is 13.8 Å². The number of hydrogen-bond acceptors (Lipinski definition) is 5. The van der Waals surface area contributed by atoms with Crippen molar-refractivity contribution in [2.45, 2.75) is 25.0 Å². The van der Waals surface area contributed by atoms with Gasteiger partial charge in [-0.15, -0.1) is 0 Å². The molecular formula is C15H20N2O4S. The molecule has 0 bridgehead atoms. The molecule has 0 spiro atoms. The van der Waals surface area contributed by atoms with Gasteiger partial charge in [0.2, 0.25) is 10.0 Å². The molecule has 0 fully saturated rings. The van der Waals surface area contributed by atoms with Gasteiger partial charge >= 0.3 is 0 Å². The Balaban J connectivity index is 2.22. The van der Waals surface area contributed by atoms with Gasteiger partial charge in [0.25, 0.3) is 0 Å². The molecule has 6 nitrogen and oxygen atoms in total. The number of hydrogen-bond donors (Lipinski definition) is 1. The SMILES string of the molecule is CCOC(CNS(=O)(=O)c1cccc2cnccc12)OCC. The van der Waals surface area contributed by atoms with E-state index < -0.39 is 16.3 Å². The Hall–Kier alpha value is -1.54. The summed E-state index contributed by atoms with van der Waals surface area (Å²) in [5.74, 6) is 0. The zero-order valence-corrected chi connectivity index (χ0v) is 13.5. The van der Waals surface area contributed by atoms with E-state index in [-0.39, 0.29) is 11.4 Å². The molecule has 7 heteroatoms. The Morgan fingerprint density at radius 1 is 1.18 bits per heavy atom. The largest absolute Gasteiger partial charge is 0.352 e.